The van der Waals surface area contributed by atoms with Gasteiger partial charge in [0.2, 0.25) is 0 Å². The molecule has 0 aliphatic carbocycles. The average Bonchev–Trinajstić information content (AvgIpc) is 3.76. The van der Waals surface area contributed by atoms with Gasteiger partial charge in [0.05, 0.1) is 27.8 Å². The van der Waals surface area contributed by atoms with E-state index in [4.69, 9.17) is 6.57 Å². The number of imidazole rings is 3. The third kappa shape index (κ3) is 3.63. The molecule has 0 radical (unpaired) electrons. The second-order valence-electron chi connectivity index (χ2n) is 9.81. The summed E-state index contributed by atoms with van der Waals surface area (Å²) in [4.78, 5) is 17.7. The largest absolute Gasteiger partial charge is 0.396 e. The molecule has 41 heavy (non-hydrogen) atoms. The average molecular weight is 528 g/mol. The highest BCUT2D eigenvalue weighted by Gasteiger charge is 2.20. The molecule has 3 heterocycles. The summed E-state index contributed by atoms with van der Waals surface area (Å²) in [5.74, 6) is 0.330. The van der Waals surface area contributed by atoms with Gasteiger partial charge in [-0.2, -0.15) is 0 Å². The second-order valence-corrected chi connectivity index (χ2v) is 9.81. The Morgan fingerprint density at radius 2 is 1.10 bits per heavy atom. The van der Waals surface area contributed by atoms with Crippen LogP contribution in [0.5, 0.6) is 0 Å². The number of para-hydroxylation sites is 7. The molecule has 0 amide bonds. The quantitative estimate of drug-likeness (QED) is 0.219. The molecular weight excluding hydrogens is 506 g/mol. The normalized spacial score (nSPS) is 11.4. The minimum Gasteiger partial charge on any atom is -0.396 e. The van der Waals surface area contributed by atoms with E-state index in [9.17, 15) is 0 Å². The van der Waals surface area contributed by atoms with Gasteiger partial charge in [-0.15, -0.1) is 11.6 Å². The minimum atomic E-state index is 0.330. The SMILES string of the molecule is [C-]#[N+]c1nc2ccccc2n1-c1ccccc1-c1cc(-n2cnc3ccccc32)cc(-n2cnc3ccccc32)c1. The molecule has 8 rings (SSSR count). The summed E-state index contributed by atoms with van der Waals surface area (Å²) in [7, 11) is 0. The lowest BCUT2D eigenvalue weighted by Crippen LogP contribution is -2.01. The molecule has 8 aromatic rings. The molecule has 5 aromatic carbocycles. The molecule has 0 saturated carbocycles. The Labute approximate surface area is 235 Å². The van der Waals surface area contributed by atoms with Gasteiger partial charge in [0.1, 0.15) is 18.2 Å². The monoisotopic (exact) mass is 527 g/mol. The maximum absolute atomic E-state index is 7.87. The Bertz CT molecular complexity index is 2200. The van der Waals surface area contributed by atoms with Crippen LogP contribution in [-0.4, -0.2) is 28.7 Å². The fourth-order valence-electron chi connectivity index (χ4n) is 5.60. The fraction of sp³-hybridized carbons (Fsp3) is 0. The summed E-state index contributed by atoms with van der Waals surface area (Å²) in [6.45, 7) is 7.87. The van der Waals surface area contributed by atoms with Crippen molar-refractivity contribution in [1.82, 2.24) is 28.7 Å². The molecule has 0 spiro atoms. The van der Waals surface area contributed by atoms with E-state index < -0.39 is 0 Å². The summed E-state index contributed by atoms with van der Waals surface area (Å²) >= 11 is 0. The Hall–Kier alpha value is -6.00. The van der Waals surface area contributed by atoms with Crippen molar-refractivity contribution in [3.05, 3.63) is 139 Å². The topological polar surface area (TPSA) is 57.8 Å². The highest BCUT2D eigenvalue weighted by Crippen LogP contribution is 2.36. The van der Waals surface area contributed by atoms with Gasteiger partial charge in [-0.3, -0.25) is 13.7 Å². The summed E-state index contributed by atoms with van der Waals surface area (Å²) in [6, 6.07) is 38.8. The van der Waals surface area contributed by atoms with Crippen molar-refractivity contribution in [2.45, 2.75) is 0 Å². The first-order valence-corrected chi connectivity index (χ1v) is 13.2. The van der Waals surface area contributed by atoms with Gasteiger partial charge >= 0.3 is 5.95 Å². The van der Waals surface area contributed by atoms with Crippen molar-refractivity contribution in [3.63, 3.8) is 0 Å². The summed E-state index contributed by atoms with van der Waals surface area (Å²) in [5.41, 5.74) is 10.4. The molecule has 3 aromatic heterocycles. The van der Waals surface area contributed by atoms with Crippen LogP contribution in [0.2, 0.25) is 0 Å². The molecule has 0 aliphatic heterocycles. The molecule has 0 N–H and O–H groups in total. The van der Waals surface area contributed by atoms with E-state index in [-0.39, 0.29) is 0 Å². The standard InChI is InChI=1S/C34H21N7/c1-35-34-38-29-13-5-9-17-33(29)41(34)30-14-6-2-10-26(30)23-18-24(39-21-36-27-11-3-7-15-31(27)39)20-25(19-23)40-22-37-28-12-4-8-16-32(28)40/h2-22H. The highest BCUT2D eigenvalue weighted by atomic mass is 15.2. The van der Waals surface area contributed by atoms with Gasteiger partial charge in [0, 0.05) is 16.9 Å². The van der Waals surface area contributed by atoms with Crippen LogP contribution in [0.25, 0.3) is 66.1 Å². The molecule has 0 unspecified atom stereocenters. The van der Waals surface area contributed by atoms with Crippen LogP contribution < -0.4 is 0 Å². The van der Waals surface area contributed by atoms with Gasteiger partial charge in [-0.25, -0.2) is 9.97 Å². The molecule has 0 saturated heterocycles. The Morgan fingerprint density at radius 3 is 1.73 bits per heavy atom. The summed E-state index contributed by atoms with van der Waals surface area (Å²) in [6.07, 6.45) is 3.73. The molecule has 7 nitrogen and oxygen atoms in total. The van der Waals surface area contributed by atoms with E-state index in [0.717, 1.165) is 61.3 Å². The van der Waals surface area contributed by atoms with E-state index in [0.29, 0.717) is 5.95 Å². The van der Waals surface area contributed by atoms with E-state index in [1.54, 1.807) is 0 Å². The van der Waals surface area contributed by atoms with Gasteiger partial charge < -0.3 is 4.85 Å². The third-order valence-electron chi connectivity index (χ3n) is 7.47. The Morgan fingerprint density at radius 1 is 0.561 bits per heavy atom. The van der Waals surface area contributed by atoms with Crippen molar-refractivity contribution >= 4 is 39.0 Å². The first-order chi connectivity index (χ1) is 20.3. The maximum Gasteiger partial charge on any atom is 0.344 e. The van der Waals surface area contributed by atoms with Crippen molar-refractivity contribution in [2.24, 2.45) is 0 Å². The van der Waals surface area contributed by atoms with E-state index in [1.165, 1.54) is 0 Å². The highest BCUT2D eigenvalue weighted by molar-refractivity contribution is 5.87. The van der Waals surface area contributed by atoms with Gasteiger partial charge in [-0.05, 0) is 66.2 Å². The van der Waals surface area contributed by atoms with Gasteiger partial charge in [-0.1, -0.05) is 54.6 Å². The smallest absolute Gasteiger partial charge is 0.344 e. The summed E-state index contributed by atoms with van der Waals surface area (Å²) < 4.78 is 6.17. The lowest BCUT2D eigenvalue weighted by Gasteiger charge is -2.15. The fourth-order valence-corrected chi connectivity index (χ4v) is 5.60. The Kier molecular flexibility index (Phi) is 5.06. The number of benzene rings is 5. The number of hydrogen-bond acceptors (Lipinski definition) is 3. The Balaban J connectivity index is 1.42. The number of nitrogens with zero attached hydrogens (tertiary/aromatic N) is 7. The minimum absolute atomic E-state index is 0.330. The molecule has 0 bridgehead atoms. The number of rotatable bonds is 4. The van der Waals surface area contributed by atoms with Crippen LogP contribution in [0, 0.1) is 6.57 Å². The number of hydrogen-bond donors (Lipinski definition) is 0. The molecule has 192 valence electrons. The molecule has 0 atom stereocenters. The van der Waals surface area contributed by atoms with E-state index >= 15 is 0 Å². The lowest BCUT2D eigenvalue weighted by atomic mass is 10.0. The zero-order valence-electron chi connectivity index (χ0n) is 21.8. The van der Waals surface area contributed by atoms with Crippen LogP contribution in [0.4, 0.5) is 5.95 Å². The lowest BCUT2D eigenvalue weighted by molar-refractivity contribution is 1.06. The van der Waals surface area contributed by atoms with Crippen LogP contribution in [0.15, 0.2) is 128 Å². The van der Waals surface area contributed by atoms with E-state index in [2.05, 4.69) is 65.3 Å². The van der Waals surface area contributed by atoms with Crippen molar-refractivity contribution < 1.29 is 0 Å². The molecule has 7 heteroatoms. The third-order valence-corrected chi connectivity index (χ3v) is 7.47. The van der Waals surface area contributed by atoms with Crippen molar-refractivity contribution in [3.8, 4) is 28.2 Å². The van der Waals surface area contributed by atoms with Crippen LogP contribution in [0.3, 0.4) is 0 Å². The predicted molar refractivity (Wildman–Crippen MR) is 162 cm³/mol. The van der Waals surface area contributed by atoms with Crippen molar-refractivity contribution in [2.75, 3.05) is 0 Å². The van der Waals surface area contributed by atoms with Gasteiger partial charge in [0.25, 0.3) is 0 Å². The summed E-state index contributed by atoms with van der Waals surface area (Å²) in [5, 5.41) is 0. The first-order valence-electron chi connectivity index (χ1n) is 13.2. The zero-order chi connectivity index (χ0) is 27.3. The molecular formula is C34H21N7. The predicted octanol–water partition coefficient (Wildman–Crippen LogP) is 7.92. The van der Waals surface area contributed by atoms with Crippen LogP contribution >= 0.6 is 0 Å². The zero-order valence-corrected chi connectivity index (χ0v) is 21.8. The molecule has 0 fully saturated rings. The van der Waals surface area contributed by atoms with E-state index in [1.807, 2.05) is 96.1 Å². The number of fused-ring (bicyclic) bond motifs is 3. The van der Waals surface area contributed by atoms with Crippen molar-refractivity contribution in [1.29, 1.82) is 0 Å². The number of aromatic nitrogens is 6. The first kappa shape index (κ1) is 22.9. The van der Waals surface area contributed by atoms with Gasteiger partial charge in [0.15, 0.2) is 5.52 Å². The maximum atomic E-state index is 7.87. The second kappa shape index (κ2) is 9.04. The van der Waals surface area contributed by atoms with Crippen LogP contribution in [0.1, 0.15) is 0 Å². The van der Waals surface area contributed by atoms with Crippen LogP contribution in [-0.2, 0) is 0 Å². The molecule has 0 aliphatic rings.